The van der Waals surface area contributed by atoms with Crippen LogP contribution in [0.4, 0.5) is 0 Å². The van der Waals surface area contributed by atoms with Gasteiger partial charge in [0.1, 0.15) is 0 Å². The van der Waals surface area contributed by atoms with Gasteiger partial charge < -0.3 is 4.90 Å². The molecule has 4 heterocycles. The summed E-state index contributed by atoms with van der Waals surface area (Å²) in [4.78, 5) is 22.9. The molecule has 2 fully saturated rings. The first-order valence-electron chi connectivity index (χ1n) is 8.05. The van der Waals surface area contributed by atoms with Gasteiger partial charge in [0.25, 0.3) is 0 Å². The molecule has 4 rings (SSSR count). The lowest BCUT2D eigenvalue weighted by molar-refractivity contribution is -0.128. The van der Waals surface area contributed by atoms with Gasteiger partial charge >= 0.3 is 0 Å². The number of aromatic nitrogens is 1. The number of hydrogen-bond donors (Lipinski definition) is 0. The zero-order valence-corrected chi connectivity index (χ0v) is 15.0. The Bertz CT molecular complexity index is 697. The second kappa shape index (κ2) is 6.00. The number of hydrogen-bond acceptors (Lipinski definition) is 5. The molecule has 2 aromatic heterocycles. The monoisotopic (exact) mass is 347 g/mol. The SMILES string of the molecule is Cc1nc(CN2CC3(CCN(Cc4cccs4)C3)CC2=O)cs1. The highest BCUT2D eigenvalue weighted by Gasteiger charge is 2.47. The molecule has 1 atom stereocenters. The number of likely N-dealkylation sites (tertiary alicyclic amines) is 2. The van der Waals surface area contributed by atoms with E-state index in [-0.39, 0.29) is 5.41 Å². The molecule has 0 aliphatic carbocycles. The minimum atomic E-state index is 0.166. The molecule has 1 unspecified atom stereocenters. The van der Waals surface area contributed by atoms with Gasteiger partial charge in [0.05, 0.1) is 17.2 Å². The van der Waals surface area contributed by atoms with Crippen molar-refractivity contribution < 1.29 is 4.79 Å². The van der Waals surface area contributed by atoms with E-state index in [0.717, 1.165) is 43.3 Å². The maximum absolute atomic E-state index is 12.5. The molecule has 2 aliphatic heterocycles. The van der Waals surface area contributed by atoms with Crippen molar-refractivity contribution in [2.45, 2.75) is 32.9 Å². The lowest BCUT2D eigenvalue weighted by Gasteiger charge is -2.24. The third kappa shape index (κ3) is 3.20. The normalized spacial score (nSPS) is 25.1. The van der Waals surface area contributed by atoms with Crippen molar-refractivity contribution in [3.05, 3.63) is 38.5 Å². The highest BCUT2D eigenvalue weighted by atomic mass is 32.1. The van der Waals surface area contributed by atoms with E-state index in [1.807, 2.05) is 23.2 Å². The van der Waals surface area contributed by atoms with Crippen molar-refractivity contribution in [2.75, 3.05) is 19.6 Å². The van der Waals surface area contributed by atoms with Crippen LogP contribution in [0.3, 0.4) is 0 Å². The summed E-state index contributed by atoms with van der Waals surface area (Å²) in [5.41, 5.74) is 1.20. The predicted octanol–water partition coefficient (Wildman–Crippen LogP) is 3.14. The van der Waals surface area contributed by atoms with Crippen LogP contribution in [0.5, 0.6) is 0 Å². The Morgan fingerprint density at radius 3 is 2.96 bits per heavy atom. The summed E-state index contributed by atoms with van der Waals surface area (Å²) in [7, 11) is 0. The number of thiophene rings is 1. The predicted molar refractivity (Wildman–Crippen MR) is 93.5 cm³/mol. The van der Waals surface area contributed by atoms with Crippen molar-refractivity contribution >= 4 is 28.6 Å². The fourth-order valence-corrected chi connectivity index (χ4v) is 5.21. The Morgan fingerprint density at radius 2 is 2.22 bits per heavy atom. The van der Waals surface area contributed by atoms with E-state index >= 15 is 0 Å². The van der Waals surface area contributed by atoms with Gasteiger partial charge in [-0.05, 0) is 31.3 Å². The molecule has 0 saturated carbocycles. The third-order valence-electron chi connectivity index (χ3n) is 4.90. The second-order valence-corrected chi connectivity index (χ2v) is 8.92. The fourth-order valence-electron chi connectivity index (χ4n) is 3.86. The van der Waals surface area contributed by atoms with Crippen molar-refractivity contribution in [1.29, 1.82) is 0 Å². The van der Waals surface area contributed by atoms with Gasteiger partial charge in [0.2, 0.25) is 5.91 Å². The second-order valence-electron chi connectivity index (χ2n) is 6.82. The van der Waals surface area contributed by atoms with Crippen molar-refractivity contribution in [3.8, 4) is 0 Å². The summed E-state index contributed by atoms with van der Waals surface area (Å²) < 4.78 is 0. The van der Waals surface area contributed by atoms with E-state index < -0.39 is 0 Å². The van der Waals surface area contributed by atoms with Gasteiger partial charge in [-0.3, -0.25) is 9.69 Å². The Labute approximate surface area is 144 Å². The number of aryl methyl sites for hydroxylation is 1. The molecule has 0 N–H and O–H groups in total. The molecular weight excluding hydrogens is 326 g/mol. The number of amides is 1. The molecule has 122 valence electrons. The summed E-state index contributed by atoms with van der Waals surface area (Å²) >= 11 is 3.48. The topological polar surface area (TPSA) is 36.4 Å². The highest BCUT2D eigenvalue weighted by molar-refractivity contribution is 7.10. The summed E-state index contributed by atoms with van der Waals surface area (Å²) in [5, 5.41) is 5.28. The zero-order chi connectivity index (χ0) is 15.9. The van der Waals surface area contributed by atoms with Crippen molar-refractivity contribution in [1.82, 2.24) is 14.8 Å². The first kappa shape index (κ1) is 15.3. The minimum absolute atomic E-state index is 0.166. The van der Waals surface area contributed by atoms with Gasteiger partial charge in [-0.25, -0.2) is 4.98 Å². The van der Waals surface area contributed by atoms with Crippen molar-refractivity contribution in [2.24, 2.45) is 5.41 Å². The Hall–Kier alpha value is -1.24. The van der Waals surface area contributed by atoms with Gasteiger partial charge in [-0.1, -0.05) is 6.07 Å². The van der Waals surface area contributed by atoms with Crippen LogP contribution >= 0.6 is 22.7 Å². The maximum atomic E-state index is 12.5. The summed E-state index contributed by atoms with van der Waals surface area (Å²) in [6.45, 7) is 6.76. The minimum Gasteiger partial charge on any atom is -0.336 e. The largest absolute Gasteiger partial charge is 0.336 e. The lowest BCUT2D eigenvalue weighted by atomic mass is 9.86. The standard InChI is InChI=1S/C17H21N3OS2/c1-13-18-14(10-23-13)8-20-12-17(7-16(20)21)4-5-19(11-17)9-15-3-2-6-22-15/h2-3,6,10H,4-5,7-9,11-12H2,1H3. The van der Waals surface area contributed by atoms with Crippen LogP contribution < -0.4 is 0 Å². The number of rotatable bonds is 4. The van der Waals surface area contributed by atoms with Crippen LogP contribution in [0.25, 0.3) is 0 Å². The van der Waals surface area contributed by atoms with Crippen LogP contribution in [-0.2, 0) is 17.9 Å². The van der Waals surface area contributed by atoms with Gasteiger partial charge in [-0.2, -0.15) is 0 Å². The molecule has 23 heavy (non-hydrogen) atoms. The number of nitrogens with zero attached hydrogens (tertiary/aromatic N) is 3. The van der Waals surface area contributed by atoms with E-state index in [0.29, 0.717) is 18.9 Å². The molecule has 4 nitrogen and oxygen atoms in total. The summed E-state index contributed by atoms with van der Waals surface area (Å²) in [6.07, 6.45) is 1.84. The maximum Gasteiger partial charge on any atom is 0.223 e. The summed E-state index contributed by atoms with van der Waals surface area (Å²) in [5.74, 6) is 0.300. The summed E-state index contributed by atoms with van der Waals surface area (Å²) in [6, 6.07) is 4.31. The molecule has 1 amide bonds. The first-order valence-corrected chi connectivity index (χ1v) is 9.81. The van der Waals surface area contributed by atoms with Crippen LogP contribution in [-0.4, -0.2) is 40.3 Å². The van der Waals surface area contributed by atoms with Crippen LogP contribution in [0.15, 0.2) is 22.9 Å². The molecule has 2 saturated heterocycles. The van der Waals surface area contributed by atoms with Gasteiger partial charge in [0, 0.05) is 41.7 Å². The molecular formula is C17H21N3OS2. The number of carbonyl (C=O) groups excluding carboxylic acids is 1. The molecule has 0 bridgehead atoms. The Balaban J connectivity index is 1.39. The average Bonchev–Trinajstić information content (AvgIpc) is 3.26. The van der Waals surface area contributed by atoms with Gasteiger partial charge in [-0.15, -0.1) is 22.7 Å². The molecule has 6 heteroatoms. The highest BCUT2D eigenvalue weighted by Crippen LogP contribution is 2.41. The zero-order valence-electron chi connectivity index (χ0n) is 13.3. The quantitative estimate of drug-likeness (QED) is 0.852. The lowest BCUT2D eigenvalue weighted by Crippen LogP contribution is -2.31. The first-order chi connectivity index (χ1) is 11.1. The molecule has 2 aromatic rings. The fraction of sp³-hybridized carbons (Fsp3) is 0.529. The van der Waals surface area contributed by atoms with E-state index in [1.165, 1.54) is 4.88 Å². The van der Waals surface area contributed by atoms with E-state index in [4.69, 9.17) is 0 Å². The Kier molecular flexibility index (Phi) is 3.99. The molecule has 1 spiro atoms. The van der Waals surface area contributed by atoms with E-state index in [1.54, 1.807) is 11.3 Å². The van der Waals surface area contributed by atoms with Crippen LogP contribution in [0.1, 0.15) is 28.4 Å². The van der Waals surface area contributed by atoms with Crippen LogP contribution in [0.2, 0.25) is 0 Å². The number of carbonyl (C=O) groups is 1. The Morgan fingerprint density at radius 1 is 1.30 bits per heavy atom. The van der Waals surface area contributed by atoms with Crippen LogP contribution in [0, 0.1) is 12.3 Å². The van der Waals surface area contributed by atoms with E-state index in [2.05, 4.69) is 32.8 Å². The van der Waals surface area contributed by atoms with Gasteiger partial charge in [0.15, 0.2) is 0 Å². The van der Waals surface area contributed by atoms with E-state index in [9.17, 15) is 4.79 Å². The average molecular weight is 348 g/mol. The molecule has 0 radical (unpaired) electrons. The van der Waals surface area contributed by atoms with Crippen molar-refractivity contribution in [3.63, 3.8) is 0 Å². The molecule has 2 aliphatic rings. The number of thiazole rings is 1. The molecule has 0 aromatic carbocycles. The third-order valence-corrected chi connectivity index (χ3v) is 6.59. The smallest absolute Gasteiger partial charge is 0.223 e.